The number of pyridine rings is 5. The molecule has 0 atom stereocenters. The van der Waals surface area contributed by atoms with Crippen molar-refractivity contribution in [2.45, 2.75) is 0 Å². The molecule has 0 N–H and O–H groups in total. The fourth-order valence-corrected chi connectivity index (χ4v) is 7.68. The van der Waals surface area contributed by atoms with Crippen LogP contribution in [0.4, 0.5) is 0 Å². The molecule has 56 heavy (non-hydrogen) atoms. The minimum atomic E-state index is 0.905. The van der Waals surface area contributed by atoms with Crippen LogP contribution < -0.4 is 0 Å². The van der Waals surface area contributed by atoms with Crippen LogP contribution in [0, 0.1) is 0 Å². The number of hydrogen-bond donors (Lipinski definition) is 0. The molecule has 0 radical (unpaired) electrons. The van der Waals surface area contributed by atoms with E-state index in [0.717, 1.165) is 111 Å². The van der Waals surface area contributed by atoms with Crippen molar-refractivity contribution in [3.63, 3.8) is 0 Å². The molecule has 0 saturated heterocycles. The number of hydrogen-bond acceptors (Lipinski definition) is 5. The highest BCUT2D eigenvalue weighted by Crippen LogP contribution is 2.32. The molecular formula is C51H31N5. The lowest BCUT2D eigenvalue weighted by atomic mass is 10.00. The smallest absolute Gasteiger partial charge is 0.0972 e. The van der Waals surface area contributed by atoms with Gasteiger partial charge in [-0.25, -0.2) is 19.9 Å². The maximum Gasteiger partial charge on any atom is 0.0972 e. The fraction of sp³-hybridized carbons (Fsp3) is 0. The van der Waals surface area contributed by atoms with E-state index in [1.165, 1.54) is 0 Å². The molecule has 11 rings (SSSR count). The summed E-state index contributed by atoms with van der Waals surface area (Å²) in [7, 11) is 0. The van der Waals surface area contributed by atoms with Crippen molar-refractivity contribution in [2.24, 2.45) is 0 Å². The van der Waals surface area contributed by atoms with Gasteiger partial charge in [-0.1, -0.05) is 115 Å². The van der Waals surface area contributed by atoms with E-state index in [2.05, 4.69) is 163 Å². The molecule has 0 fully saturated rings. The Bertz CT molecular complexity index is 3300. The first-order chi connectivity index (χ1) is 27.7. The van der Waals surface area contributed by atoms with Crippen LogP contribution in [0.25, 0.3) is 111 Å². The number of fused-ring (bicyclic) bond motifs is 6. The van der Waals surface area contributed by atoms with Gasteiger partial charge in [0.15, 0.2) is 0 Å². The van der Waals surface area contributed by atoms with Gasteiger partial charge in [-0.3, -0.25) is 4.98 Å². The SMILES string of the molecule is c1ccc(-c2ccc3ccc4ccc(-c5ccc(-c6ccc7cc(-c8ccc9nc(-c%10ccc%11ncccc%11c%10)ccc9c8)ccc7n6)cc5)nc4c3n2)cc1. The van der Waals surface area contributed by atoms with E-state index in [1.807, 2.05) is 30.5 Å². The highest BCUT2D eigenvalue weighted by molar-refractivity contribution is 6.04. The summed E-state index contributed by atoms with van der Waals surface area (Å²) in [5, 5.41) is 5.45. The van der Waals surface area contributed by atoms with E-state index < -0.39 is 0 Å². The topological polar surface area (TPSA) is 64.5 Å². The third-order valence-electron chi connectivity index (χ3n) is 10.7. The van der Waals surface area contributed by atoms with Crippen LogP contribution in [-0.2, 0) is 0 Å². The molecule has 0 saturated carbocycles. The van der Waals surface area contributed by atoms with E-state index in [-0.39, 0.29) is 0 Å². The summed E-state index contributed by atoms with van der Waals surface area (Å²) in [5.41, 5.74) is 15.0. The minimum Gasteiger partial charge on any atom is -0.256 e. The van der Waals surface area contributed by atoms with Crippen LogP contribution in [0.3, 0.4) is 0 Å². The van der Waals surface area contributed by atoms with Gasteiger partial charge >= 0.3 is 0 Å². The molecule has 260 valence electrons. The van der Waals surface area contributed by atoms with Gasteiger partial charge in [0.25, 0.3) is 0 Å². The van der Waals surface area contributed by atoms with Crippen molar-refractivity contribution in [3.05, 3.63) is 188 Å². The molecule has 5 aromatic heterocycles. The Balaban J connectivity index is 0.857. The summed E-state index contributed by atoms with van der Waals surface area (Å²) in [4.78, 5) is 24.7. The Labute approximate surface area is 322 Å². The zero-order chi connectivity index (χ0) is 37.0. The Hall–Kier alpha value is -7.63. The molecule has 0 unspecified atom stereocenters. The molecule has 11 aromatic rings. The molecule has 0 aliphatic carbocycles. The van der Waals surface area contributed by atoms with E-state index >= 15 is 0 Å². The van der Waals surface area contributed by atoms with Crippen LogP contribution in [0.2, 0.25) is 0 Å². The van der Waals surface area contributed by atoms with Crippen molar-refractivity contribution in [3.8, 4) is 56.2 Å². The number of benzene rings is 6. The Kier molecular flexibility index (Phi) is 7.42. The normalized spacial score (nSPS) is 11.6. The molecule has 5 heterocycles. The lowest BCUT2D eigenvalue weighted by molar-refractivity contribution is 1.36. The van der Waals surface area contributed by atoms with Crippen molar-refractivity contribution in [1.29, 1.82) is 0 Å². The van der Waals surface area contributed by atoms with E-state index in [9.17, 15) is 0 Å². The average molecular weight is 714 g/mol. The van der Waals surface area contributed by atoms with Crippen molar-refractivity contribution >= 4 is 54.5 Å². The van der Waals surface area contributed by atoms with Gasteiger partial charge in [0, 0.05) is 55.4 Å². The molecule has 5 heteroatoms. The third-order valence-corrected chi connectivity index (χ3v) is 10.7. The molecule has 0 spiro atoms. The molecule has 0 aliphatic rings. The van der Waals surface area contributed by atoms with Gasteiger partial charge in [0.05, 0.1) is 50.4 Å². The van der Waals surface area contributed by atoms with Gasteiger partial charge < -0.3 is 0 Å². The Morgan fingerprint density at radius 1 is 0.250 bits per heavy atom. The summed E-state index contributed by atoms with van der Waals surface area (Å²) in [5.74, 6) is 0. The third kappa shape index (κ3) is 5.70. The maximum atomic E-state index is 5.14. The second kappa shape index (κ2) is 13.0. The van der Waals surface area contributed by atoms with E-state index in [1.54, 1.807) is 0 Å². The molecular weight excluding hydrogens is 683 g/mol. The van der Waals surface area contributed by atoms with Crippen LogP contribution in [0.1, 0.15) is 0 Å². The summed E-state index contributed by atoms with van der Waals surface area (Å²) in [6.07, 6.45) is 1.82. The van der Waals surface area contributed by atoms with Crippen LogP contribution in [-0.4, -0.2) is 24.9 Å². The lowest BCUT2D eigenvalue weighted by Gasteiger charge is -2.10. The Morgan fingerprint density at radius 3 is 1.25 bits per heavy atom. The fourth-order valence-electron chi connectivity index (χ4n) is 7.68. The first-order valence-electron chi connectivity index (χ1n) is 18.7. The number of rotatable bonds is 5. The first-order valence-corrected chi connectivity index (χ1v) is 18.7. The zero-order valence-electron chi connectivity index (χ0n) is 30.1. The van der Waals surface area contributed by atoms with Gasteiger partial charge in [0.2, 0.25) is 0 Å². The largest absolute Gasteiger partial charge is 0.256 e. The lowest BCUT2D eigenvalue weighted by Crippen LogP contribution is -1.91. The highest BCUT2D eigenvalue weighted by Gasteiger charge is 2.11. The molecule has 0 bridgehead atoms. The van der Waals surface area contributed by atoms with Gasteiger partial charge in [0.1, 0.15) is 0 Å². The van der Waals surface area contributed by atoms with Crippen LogP contribution >= 0.6 is 0 Å². The van der Waals surface area contributed by atoms with Crippen LogP contribution in [0.15, 0.2) is 188 Å². The first kappa shape index (κ1) is 31.9. The number of aromatic nitrogens is 5. The molecule has 0 amide bonds. The monoisotopic (exact) mass is 713 g/mol. The van der Waals surface area contributed by atoms with Crippen LogP contribution in [0.5, 0.6) is 0 Å². The van der Waals surface area contributed by atoms with Gasteiger partial charge in [-0.2, -0.15) is 0 Å². The summed E-state index contributed by atoms with van der Waals surface area (Å²) < 4.78 is 0. The summed E-state index contributed by atoms with van der Waals surface area (Å²) in [6, 6.07) is 63.3. The van der Waals surface area contributed by atoms with Gasteiger partial charge in [-0.15, -0.1) is 0 Å². The van der Waals surface area contributed by atoms with Crippen molar-refractivity contribution in [1.82, 2.24) is 24.9 Å². The second-order valence-corrected chi connectivity index (χ2v) is 14.2. The molecule has 5 nitrogen and oxygen atoms in total. The summed E-state index contributed by atoms with van der Waals surface area (Å²) in [6.45, 7) is 0. The van der Waals surface area contributed by atoms with Crippen molar-refractivity contribution in [2.75, 3.05) is 0 Å². The zero-order valence-corrected chi connectivity index (χ0v) is 30.1. The standard InChI is InChI=1S/C51H31N5/c1-2-5-32(6-3-1)45-22-14-35-12-13-36-15-23-46(56-51(36)50(35)55-45)34-10-8-33(9-11-34)44-26-19-40-29-37(16-24-47(40)53-44)38-17-25-48-41(30-38)20-27-49(54-48)42-18-21-43-39(31-42)7-4-28-52-43/h1-31H. The predicted octanol–water partition coefficient (Wildman–Crippen LogP) is 12.8. The highest BCUT2D eigenvalue weighted by atomic mass is 14.8. The molecule has 6 aromatic carbocycles. The van der Waals surface area contributed by atoms with E-state index in [4.69, 9.17) is 19.9 Å². The van der Waals surface area contributed by atoms with E-state index in [0.29, 0.717) is 0 Å². The second-order valence-electron chi connectivity index (χ2n) is 14.2. The quantitative estimate of drug-likeness (QED) is 0.166. The maximum absolute atomic E-state index is 5.14. The molecule has 0 aliphatic heterocycles. The average Bonchev–Trinajstić information content (AvgIpc) is 3.28. The van der Waals surface area contributed by atoms with Gasteiger partial charge in [-0.05, 0) is 77.9 Å². The Morgan fingerprint density at radius 2 is 0.661 bits per heavy atom. The predicted molar refractivity (Wildman–Crippen MR) is 230 cm³/mol. The minimum absolute atomic E-state index is 0.905. The summed E-state index contributed by atoms with van der Waals surface area (Å²) >= 11 is 0. The number of nitrogens with zero attached hydrogens (tertiary/aromatic N) is 5. The van der Waals surface area contributed by atoms with Crippen molar-refractivity contribution < 1.29 is 0 Å².